The van der Waals surface area contributed by atoms with Crippen LogP contribution in [0.25, 0.3) is 0 Å². The molecule has 5 heteroatoms. The van der Waals surface area contributed by atoms with Crippen molar-refractivity contribution < 1.29 is 9.90 Å². The highest BCUT2D eigenvalue weighted by atomic mass is 35.5. The average Bonchev–Trinajstić information content (AvgIpc) is 2.31. The van der Waals surface area contributed by atoms with Crippen molar-refractivity contribution in [3.05, 3.63) is 52.7 Å². The van der Waals surface area contributed by atoms with Crippen LogP contribution in [0.1, 0.15) is 15.9 Å². The van der Waals surface area contributed by atoms with Crippen molar-refractivity contribution in [2.24, 2.45) is 0 Å². The Balaban J connectivity index is 2.35. The molecule has 0 aliphatic carbocycles. The third-order valence-electron chi connectivity index (χ3n) is 2.45. The van der Waals surface area contributed by atoms with Crippen LogP contribution in [-0.2, 0) is 0 Å². The van der Waals surface area contributed by atoms with E-state index in [1.807, 2.05) is 31.2 Å². The van der Waals surface area contributed by atoms with Gasteiger partial charge in [-0.25, -0.2) is 9.78 Å². The monoisotopic (exact) mass is 262 g/mol. The smallest absolute Gasteiger partial charge is 0.335 e. The molecule has 1 heterocycles. The molecule has 0 aliphatic rings. The standard InChI is InChI=1S/C13H11ClN2O2/c1-8-4-2-3-5-10(8)15-12-7-9(13(17)18)6-11(14)16-12/h2-7H,1H3,(H,15,16)(H,17,18). The fraction of sp³-hybridized carbons (Fsp3) is 0.0769. The molecule has 0 bridgehead atoms. The number of halogens is 1. The summed E-state index contributed by atoms with van der Waals surface area (Å²) in [5.41, 5.74) is 2.01. The Morgan fingerprint density at radius 1 is 1.33 bits per heavy atom. The minimum Gasteiger partial charge on any atom is -0.478 e. The van der Waals surface area contributed by atoms with Gasteiger partial charge in [-0.3, -0.25) is 0 Å². The lowest BCUT2D eigenvalue weighted by molar-refractivity contribution is 0.0697. The van der Waals surface area contributed by atoms with E-state index in [9.17, 15) is 4.79 Å². The van der Waals surface area contributed by atoms with Crippen LogP contribution in [0.4, 0.5) is 11.5 Å². The van der Waals surface area contributed by atoms with Gasteiger partial charge in [0.2, 0.25) is 0 Å². The number of para-hydroxylation sites is 1. The van der Waals surface area contributed by atoms with Crippen LogP contribution in [-0.4, -0.2) is 16.1 Å². The zero-order valence-electron chi connectivity index (χ0n) is 9.64. The molecular formula is C13H11ClN2O2. The lowest BCUT2D eigenvalue weighted by Gasteiger charge is -2.09. The molecule has 1 aromatic heterocycles. The molecular weight excluding hydrogens is 252 g/mol. The molecule has 2 N–H and O–H groups in total. The molecule has 0 unspecified atom stereocenters. The molecule has 0 atom stereocenters. The predicted molar refractivity (Wildman–Crippen MR) is 70.7 cm³/mol. The van der Waals surface area contributed by atoms with Crippen LogP contribution < -0.4 is 5.32 Å². The second-order valence-electron chi connectivity index (χ2n) is 3.81. The normalized spacial score (nSPS) is 10.1. The summed E-state index contributed by atoms with van der Waals surface area (Å²) in [6.45, 7) is 1.95. The van der Waals surface area contributed by atoms with Gasteiger partial charge in [0.1, 0.15) is 11.0 Å². The fourth-order valence-corrected chi connectivity index (χ4v) is 1.74. The number of hydrogen-bond donors (Lipinski definition) is 2. The summed E-state index contributed by atoms with van der Waals surface area (Å²) in [5, 5.41) is 12.1. The van der Waals surface area contributed by atoms with Crippen LogP contribution in [0.2, 0.25) is 5.15 Å². The quantitative estimate of drug-likeness (QED) is 0.831. The lowest BCUT2D eigenvalue weighted by Crippen LogP contribution is -2.01. The molecule has 4 nitrogen and oxygen atoms in total. The number of benzene rings is 1. The number of aromatic nitrogens is 1. The molecule has 0 amide bonds. The van der Waals surface area contributed by atoms with Gasteiger partial charge in [-0.1, -0.05) is 29.8 Å². The van der Waals surface area contributed by atoms with Crippen LogP contribution >= 0.6 is 11.6 Å². The largest absolute Gasteiger partial charge is 0.478 e. The Morgan fingerprint density at radius 3 is 2.72 bits per heavy atom. The van der Waals surface area contributed by atoms with Crippen LogP contribution in [0.5, 0.6) is 0 Å². The van der Waals surface area contributed by atoms with Gasteiger partial charge >= 0.3 is 5.97 Å². The molecule has 0 aliphatic heterocycles. The van der Waals surface area contributed by atoms with Gasteiger partial charge in [-0.05, 0) is 30.7 Å². The maximum absolute atomic E-state index is 10.9. The number of pyridine rings is 1. The number of nitrogens with zero attached hydrogens (tertiary/aromatic N) is 1. The molecule has 0 saturated carbocycles. The molecule has 18 heavy (non-hydrogen) atoms. The third-order valence-corrected chi connectivity index (χ3v) is 2.64. The minimum atomic E-state index is -1.04. The van der Waals surface area contributed by atoms with Gasteiger partial charge in [-0.15, -0.1) is 0 Å². The number of carboxylic acids is 1. The van der Waals surface area contributed by atoms with E-state index in [0.717, 1.165) is 11.3 Å². The SMILES string of the molecule is Cc1ccccc1Nc1cc(C(=O)O)cc(Cl)n1. The first-order chi connectivity index (χ1) is 8.56. The Morgan fingerprint density at radius 2 is 2.06 bits per heavy atom. The van der Waals surface area contributed by atoms with Gasteiger partial charge in [-0.2, -0.15) is 0 Å². The maximum atomic E-state index is 10.9. The summed E-state index contributed by atoms with van der Waals surface area (Å²) in [4.78, 5) is 15.0. The predicted octanol–water partition coefficient (Wildman–Crippen LogP) is 3.49. The number of hydrogen-bond acceptors (Lipinski definition) is 3. The van der Waals surface area contributed by atoms with Crippen molar-refractivity contribution in [3.63, 3.8) is 0 Å². The van der Waals surface area contributed by atoms with Gasteiger partial charge in [0, 0.05) is 5.69 Å². The van der Waals surface area contributed by atoms with Crippen molar-refractivity contribution in [2.75, 3.05) is 5.32 Å². The zero-order chi connectivity index (χ0) is 13.1. The van der Waals surface area contributed by atoms with Gasteiger partial charge in [0.15, 0.2) is 0 Å². The van der Waals surface area contributed by atoms with E-state index in [-0.39, 0.29) is 10.7 Å². The molecule has 0 radical (unpaired) electrons. The van der Waals surface area contributed by atoms with E-state index >= 15 is 0 Å². The highest BCUT2D eigenvalue weighted by Gasteiger charge is 2.08. The van der Waals surface area contributed by atoms with Gasteiger partial charge in [0.05, 0.1) is 5.56 Å². The van der Waals surface area contributed by atoms with E-state index in [0.29, 0.717) is 5.82 Å². The summed E-state index contributed by atoms with van der Waals surface area (Å²) in [6, 6.07) is 10.4. The molecule has 0 fully saturated rings. The highest BCUT2D eigenvalue weighted by Crippen LogP contribution is 2.21. The second kappa shape index (κ2) is 5.06. The lowest BCUT2D eigenvalue weighted by atomic mass is 10.2. The summed E-state index contributed by atoms with van der Waals surface area (Å²) in [7, 11) is 0. The number of aromatic carboxylic acids is 1. The number of carbonyl (C=O) groups is 1. The van der Waals surface area contributed by atoms with Crippen molar-refractivity contribution >= 4 is 29.1 Å². The van der Waals surface area contributed by atoms with Crippen molar-refractivity contribution in [1.82, 2.24) is 4.98 Å². The minimum absolute atomic E-state index is 0.103. The Labute approximate surface area is 109 Å². The summed E-state index contributed by atoms with van der Waals surface area (Å²) in [5.74, 6) is -0.624. The Bertz CT molecular complexity index is 599. The van der Waals surface area contributed by atoms with E-state index in [2.05, 4.69) is 10.3 Å². The Kier molecular flexibility index (Phi) is 3.48. The molecule has 1 aromatic carbocycles. The van der Waals surface area contributed by atoms with Crippen LogP contribution in [0, 0.1) is 6.92 Å². The molecule has 0 saturated heterocycles. The number of anilines is 2. The summed E-state index contributed by atoms with van der Waals surface area (Å²) < 4.78 is 0. The van der Waals surface area contributed by atoms with E-state index in [1.54, 1.807) is 0 Å². The van der Waals surface area contributed by atoms with Crippen molar-refractivity contribution in [1.29, 1.82) is 0 Å². The molecule has 92 valence electrons. The summed E-state index contributed by atoms with van der Waals surface area (Å²) in [6.07, 6.45) is 0. The van der Waals surface area contributed by atoms with Crippen molar-refractivity contribution in [2.45, 2.75) is 6.92 Å². The van der Waals surface area contributed by atoms with Gasteiger partial charge < -0.3 is 10.4 Å². The first-order valence-electron chi connectivity index (χ1n) is 5.30. The zero-order valence-corrected chi connectivity index (χ0v) is 10.4. The van der Waals surface area contributed by atoms with Crippen LogP contribution in [0.15, 0.2) is 36.4 Å². The number of carboxylic acid groups (broad SMARTS) is 1. The topological polar surface area (TPSA) is 62.2 Å². The van der Waals surface area contributed by atoms with Crippen LogP contribution in [0.3, 0.4) is 0 Å². The first-order valence-corrected chi connectivity index (χ1v) is 5.67. The molecule has 2 aromatic rings. The average molecular weight is 263 g/mol. The van der Waals surface area contributed by atoms with Gasteiger partial charge in [0.25, 0.3) is 0 Å². The second-order valence-corrected chi connectivity index (χ2v) is 4.20. The number of rotatable bonds is 3. The van der Waals surface area contributed by atoms with E-state index in [1.165, 1.54) is 12.1 Å². The maximum Gasteiger partial charge on any atom is 0.335 e. The molecule has 0 spiro atoms. The number of nitrogens with one attached hydrogen (secondary N) is 1. The summed E-state index contributed by atoms with van der Waals surface area (Å²) >= 11 is 5.79. The highest BCUT2D eigenvalue weighted by molar-refractivity contribution is 6.29. The number of aryl methyl sites for hydroxylation is 1. The van der Waals surface area contributed by atoms with E-state index in [4.69, 9.17) is 16.7 Å². The molecule has 2 rings (SSSR count). The fourth-order valence-electron chi connectivity index (χ4n) is 1.54. The first kappa shape index (κ1) is 12.4. The van der Waals surface area contributed by atoms with E-state index < -0.39 is 5.97 Å². The van der Waals surface area contributed by atoms with Crippen molar-refractivity contribution in [3.8, 4) is 0 Å². The third kappa shape index (κ3) is 2.78. The Hall–Kier alpha value is -2.07.